The van der Waals surface area contributed by atoms with Gasteiger partial charge in [-0.1, -0.05) is 103 Å². The SMILES string of the molecule is c1ccc(-n2c3ccccc3c3cc(-n4c5ccccc5c5c4nc4n(-c6ccc7c(c6)c6ccccc6n7-c6ccccc6)c6ccccc6n54)ccc32)cc1. The Balaban J connectivity index is 1.09. The Morgan fingerprint density at radius 1 is 0.281 bits per heavy atom. The first-order valence-electron chi connectivity index (χ1n) is 19.4. The molecule has 0 aliphatic heterocycles. The smallest absolute Gasteiger partial charge is 0.222 e. The van der Waals surface area contributed by atoms with E-state index in [1.165, 1.54) is 43.6 Å². The van der Waals surface area contributed by atoms with Crippen LogP contribution in [-0.2, 0) is 0 Å². The Morgan fingerprint density at radius 2 is 0.702 bits per heavy atom. The van der Waals surface area contributed by atoms with Crippen LogP contribution in [0.5, 0.6) is 0 Å². The van der Waals surface area contributed by atoms with Gasteiger partial charge in [0.15, 0.2) is 5.65 Å². The number of aromatic nitrogens is 6. The van der Waals surface area contributed by atoms with Crippen LogP contribution in [0.25, 0.3) is 105 Å². The van der Waals surface area contributed by atoms with Gasteiger partial charge in [-0.2, -0.15) is 4.98 Å². The van der Waals surface area contributed by atoms with E-state index in [-0.39, 0.29) is 0 Å². The van der Waals surface area contributed by atoms with Crippen LogP contribution in [0, 0.1) is 0 Å². The maximum atomic E-state index is 5.61. The number of para-hydroxylation sites is 7. The summed E-state index contributed by atoms with van der Waals surface area (Å²) in [5.41, 5.74) is 14.6. The molecule has 8 aromatic carbocycles. The highest BCUT2D eigenvalue weighted by atomic mass is 15.2. The Bertz CT molecular complexity index is 3500. The zero-order valence-corrected chi connectivity index (χ0v) is 30.7. The number of fused-ring (bicyclic) bond motifs is 13. The highest BCUT2D eigenvalue weighted by molar-refractivity contribution is 6.13. The molecule has 0 saturated heterocycles. The van der Waals surface area contributed by atoms with Gasteiger partial charge in [-0.25, -0.2) is 0 Å². The summed E-state index contributed by atoms with van der Waals surface area (Å²) < 4.78 is 11.8. The van der Waals surface area contributed by atoms with Crippen LogP contribution in [0.1, 0.15) is 0 Å². The minimum atomic E-state index is 0.883. The van der Waals surface area contributed by atoms with Crippen LogP contribution < -0.4 is 0 Å². The summed E-state index contributed by atoms with van der Waals surface area (Å²) in [7, 11) is 0. The molecule has 6 heteroatoms. The van der Waals surface area contributed by atoms with Crippen molar-refractivity contribution in [2.45, 2.75) is 0 Å². The molecule has 5 heterocycles. The maximum absolute atomic E-state index is 5.61. The van der Waals surface area contributed by atoms with Crippen molar-refractivity contribution in [2.24, 2.45) is 0 Å². The largest absolute Gasteiger partial charge is 0.309 e. The van der Waals surface area contributed by atoms with Gasteiger partial charge in [-0.05, 0) is 91.0 Å². The molecule has 0 aliphatic rings. The molecule has 6 nitrogen and oxygen atoms in total. The number of rotatable bonds is 4. The molecule has 13 rings (SSSR count). The topological polar surface area (TPSA) is 37.0 Å². The highest BCUT2D eigenvalue weighted by Gasteiger charge is 2.25. The lowest BCUT2D eigenvalue weighted by Gasteiger charge is -2.10. The number of nitrogens with zero attached hydrogens (tertiary/aromatic N) is 6. The first-order chi connectivity index (χ1) is 28.3. The minimum absolute atomic E-state index is 0.883. The molecule has 0 unspecified atom stereocenters. The molecular formula is C51H32N6. The summed E-state index contributed by atoms with van der Waals surface area (Å²) in [5, 5.41) is 6.02. The summed E-state index contributed by atoms with van der Waals surface area (Å²) in [6.07, 6.45) is 0. The van der Waals surface area contributed by atoms with Crippen molar-refractivity contribution in [1.29, 1.82) is 0 Å². The van der Waals surface area contributed by atoms with Crippen molar-refractivity contribution >= 4 is 82.5 Å². The fraction of sp³-hybridized carbons (Fsp3) is 0. The lowest BCUT2D eigenvalue weighted by atomic mass is 10.1. The van der Waals surface area contributed by atoms with Gasteiger partial charge in [0.05, 0.1) is 38.6 Å². The second kappa shape index (κ2) is 11.4. The summed E-state index contributed by atoms with van der Waals surface area (Å²) >= 11 is 0. The van der Waals surface area contributed by atoms with Gasteiger partial charge in [0.2, 0.25) is 5.78 Å². The number of benzene rings is 8. The van der Waals surface area contributed by atoms with Gasteiger partial charge in [0, 0.05) is 49.7 Å². The van der Waals surface area contributed by atoms with E-state index in [9.17, 15) is 0 Å². The third kappa shape index (κ3) is 4.10. The summed E-state index contributed by atoms with van der Waals surface area (Å²) in [4.78, 5) is 5.61. The molecule has 57 heavy (non-hydrogen) atoms. The maximum Gasteiger partial charge on any atom is 0.222 e. The van der Waals surface area contributed by atoms with Crippen molar-refractivity contribution in [1.82, 2.24) is 27.7 Å². The standard InChI is InChI=1S/C51H32N6/c1-3-15-33(16-4-1)53-42-22-10-7-19-37(42)40-31-35(27-29-45(40)53)55-44-24-12-9-21-39(44)49-50(55)52-51-56(47-25-13-14-26-48(47)57(49)51)36-28-30-46-41(32-36)38-20-8-11-23-43(38)54(46)34-17-5-2-6-18-34/h1-32H. The van der Waals surface area contributed by atoms with Crippen molar-refractivity contribution < 1.29 is 0 Å². The third-order valence-corrected chi connectivity index (χ3v) is 11.9. The Morgan fingerprint density at radius 3 is 1.26 bits per heavy atom. The molecular weight excluding hydrogens is 697 g/mol. The molecule has 0 atom stereocenters. The lowest BCUT2D eigenvalue weighted by Crippen LogP contribution is -1.98. The molecule has 0 radical (unpaired) electrons. The zero-order valence-electron chi connectivity index (χ0n) is 30.7. The summed E-state index contributed by atoms with van der Waals surface area (Å²) in [6.45, 7) is 0. The zero-order chi connectivity index (χ0) is 37.2. The Hall–Kier alpha value is -7.83. The average molecular weight is 729 g/mol. The molecule has 266 valence electrons. The predicted octanol–water partition coefficient (Wildman–Crippen LogP) is 12.6. The lowest BCUT2D eigenvalue weighted by molar-refractivity contribution is 1.09. The van der Waals surface area contributed by atoms with Crippen LogP contribution in [0.15, 0.2) is 194 Å². The first-order valence-corrected chi connectivity index (χ1v) is 19.4. The van der Waals surface area contributed by atoms with Crippen LogP contribution in [0.3, 0.4) is 0 Å². The number of hydrogen-bond acceptors (Lipinski definition) is 1. The Kier molecular flexibility index (Phi) is 6.07. The fourth-order valence-corrected chi connectivity index (χ4v) is 9.53. The van der Waals surface area contributed by atoms with Gasteiger partial charge >= 0.3 is 0 Å². The van der Waals surface area contributed by atoms with E-state index in [1.807, 2.05) is 0 Å². The van der Waals surface area contributed by atoms with Crippen molar-refractivity contribution in [3.63, 3.8) is 0 Å². The second-order valence-electron chi connectivity index (χ2n) is 14.9. The molecule has 0 N–H and O–H groups in total. The molecule has 0 amide bonds. The molecule has 5 aromatic heterocycles. The van der Waals surface area contributed by atoms with E-state index in [2.05, 4.69) is 217 Å². The molecule has 0 aliphatic carbocycles. The van der Waals surface area contributed by atoms with E-state index in [0.29, 0.717) is 0 Å². The van der Waals surface area contributed by atoms with Crippen LogP contribution >= 0.6 is 0 Å². The second-order valence-corrected chi connectivity index (χ2v) is 14.9. The molecule has 0 bridgehead atoms. The van der Waals surface area contributed by atoms with Crippen LogP contribution in [0.4, 0.5) is 0 Å². The monoisotopic (exact) mass is 728 g/mol. The fourth-order valence-electron chi connectivity index (χ4n) is 9.53. The van der Waals surface area contributed by atoms with E-state index in [1.54, 1.807) is 0 Å². The van der Waals surface area contributed by atoms with Crippen LogP contribution in [0.2, 0.25) is 0 Å². The number of hydrogen-bond donors (Lipinski definition) is 0. The van der Waals surface area contributed by atoms with Crippen molar-refractivity contribution in [2.75, 3.05) is 0 Å². The van der Waals surface area contributed by atoms with E-state index in [0.717, 1.165) is 61.6 Å². The minimum Gasteiger partial charge on any atom is -0.309 e. The van der Waals surface area contributed by atoms with Gasteiger partial charge in [-0.15, -0.1) is 0 Å². The van der Waals surface area contributed by atoms with Gasteiger partial charge in [-0.3, -0.25) is 13.5 Å². The molecule has 13 aromatic rings. The van der Waals surface area contributed by atoms with E-state index in [4.69, 9.17) is 4.98 Å². The number of imidazole rings is 2. The molecule has 0 saturated carbocycles. The normalized spacial score (nSPS) is 12.2. The Labute approximate surface area is 325 Å². The summed E-state index contributed by atoms with van der Waals surface area (Å²) in [5.74, 6) is 0.883. The van der Waals surface area contributed by atoms with Gasteiger partial charge in [0.25, 0.3) is 0 Å². The highest BCUT2D eigenvalue weighted by Crippen LogP contribution is 2.40. The quantitative estimate of drug-likeness (QED) is 0.178. The van der Waals surface area contributed by atoms with E-state index >= 15 is 0 Å². The predicted molar refractivity (Wildman–Crippen MR) is 235 cm³/mol. The van der Waals surface area contributed by atoms with E-state index < -0.39 is 0 Å². The molecule has 0 fully saturated rings. The van der Waals surface area contributed by atoms with Gasteiger partial charge in [0.1, 0.15) is 5.52 Å². The third-order valence-electron chi connectivity index (χ3n) is 11.9. The average Bonchev–Trinajstić information content (AvgIpc) is 4.05. The summed E-state index contributed by atoms with van der Waals surface area (Å²) in [6, 6.07) is 69.8. The van der Waals surface area contributed by atoms with Gasteiger partial charge < -0.3 is 9.13 Å². The van der Waals surface area contributed by atoms with Crippen molar-refractivity contribution in [3.05, 3.63) is 194 Å². The van der Waals surface area contributed by atoms with Crippen LogP contribution in [-0.4, -0.2) is 27.7 Å². The first kappa shape index (κ1) is 30.5. The molecule has 0 spiro atoms. The van der Waals surface area contributed by atoms with Crippen molar-refractivity contribution in [3.8, 4) is 22.7 Å².